The first-order valence-corrected chi connectivity index (χ1v) is 6.49. The Morgan fingerprint density at radius 3 is 3.26 bits per heavy atom. The van der Waals surface area contributed by atoms with Crippen LogP contribution >= 0.6 is 0 Å². The fourth-order valence-electron chi connectivity index (χ4n) is 2.75. The topological polar surface area (TPSA) is 46.0 Å². The standard InChI is InChI=1S/C15H14N4/c1-2-4-13-12(3-1)11(10-18-13)9-14-15-17-6-8-19(15)7-5-16-14/h1-6,8,10,14,18H,7,9H2. The molecule has 0 bridgehead atoms. The number of nitrogens with one attached hydrogen (secondary N) is 1. The van der Waals surface area contributed by atoms with Gasteiger partial charge in [0.1, 0.15) is 11.9 Å². The van der Waals surface area contributed by atoms with E-state index >= 15 is 0 Å². The minimum Gasteiger partial charge on any atom is -0.361 e. The van der Waals surface area contributed by atoms with Crippen molar-refractivity contribution in [2.75, 3.05) is 0 Å². The van der Waals surface area contributed by atoms with Crippen molar-refractivity contribution in [2.24, 2.45) is 4.99 Å². The van der Waals surface area contributed by atoms with Gasteiger partial charge in [-0.2, -0.15) is 0 Å². The second-order valence-corrected chi connectivity index (χ2v) is 4.85. The highest BCUT2D eigenvalue weighted by molar-refractivity contribution is 5.83. The van der Waals surface area contributed by atoms with E-state index in [1.807, 2.05) is 24.7 Å². The molecule has 4 heteroatoms. The van der Waals surface area contributed by atoms with Crippen LogP contribution in [0.5, 0.6) is 0 Å². The molecular formula is C15H14N4. The van der Waals surface area contributed by atoms with Gasteiger partial charge in [0.2, 0.25) is 0 Å². The Kier molecular flexibility index (Phi) is 2.27. The average Bonchev–Trinajstić information content (AvgIpc) is 3.06. The molecule has 94 valence electrons. The number of aromatic amines is 1. The Morgan fingerprint density at radius 1 is 1.32 bits per heavy atom. The summed E-state index contributed by atoms with van der Waals surface area (Å²) in [4.78, 5) is 12.4. The number of hydrogen-bond acceptors (Lipinski definition) is 2. The van der Waals surface area contributed by atoms with Gasteiger partial charge in [-0.1, -0.05) is 18.2 Å². The molecule has 1 aromatic carbocycles. The molecule has 0 fully saturated rings. The van der Waals surface area contributed by atoms with Gasteiger partial charge >= 0.3 is 0 Å². The fourth-order valence-corrected chi connectivity index (χ4v) is 2.75. The van der Waals surface area contributed by atoms with Crippen molar-refractivity contribution in [1.82, 2.24) is 14.5 Å². The maximum atomic E-state index is 4.60. The zero-order chi connectivity index (χ0) is 12.7. The highest BCUT2D eigenvalue weighted by atomic mass is 15.1. The van der Waals surface area contributed by atoms with E-state index in [2.05, 4.69) is 43.9 Å². The molecule has 2 aromatic heterocycles. The lowest BCUT2D eigenvalue weighted by Gasteiger charge is -2.17. The van der Waals surface area contributed by atoms with E-state index in [1.165, 1.54) is 16.5 Å². The zero-order valence-corrected chi connectivity index (χ0v) is 10.5. The first-order valence-electron chi connectivity index (χ1n) is 6.49. The van der Waals surface area contributed by atoms with Gasteiger partial charge in [0.25, 0.3) is 0 Å². The van der Waals surface area contributed by atoms with E-state index in [4.69, 9.17) is 0 Å². The molecule has 0 aliphatic carbocycles. The lowest BCUT2D eigenvalue weighted by Crippen LogP contribution is -2.15. The predicted octanol–water partition coefficient (Wildman–Crippen LogP) is 2.73. The number of aromatic nitrogens is 3. The molecule has 1 unspecified atom stereocenters. The normalized spacial score (nSPS) is 17.8. The molecule has 1 aliphatic rings. The van der Waals surface area contributed by atoms with Crippen molar-refractivity contribution in [3.05, 3.63) is 54.2 Å². The van der Waals surface area contributed by atoms with Gasteiger partial charge in [0.05, 0.1) is 6.54 Å². The molecular weight excluding hydrogens is 236 g/mol. The summed E-state index contributed by atoms with van der Waals surface area (Å²) in [6.07, 6.45) is 8.82. The minimum absolute atomic E-state index is 0.128. The Morgan fingerprint density at radius 2 is 2.26 bits per heavy atom. The fraction of sp³-hybridized carbons (Fsp3) is 0.200. The van der Waals surface area contributed by atoms with Crippen molar-refractivity contribution in [1.29, 1.82) is 0 Å². The summed E-state index contributed by atoms with van der Waals surface area (Å²) in [5.74, 6) is 1.06. The molecule has 3 heterocycles. The monoisotopic (exact) mass is 250 g/mol. The number of fused-ring (bicyclic) bond motifs is 2. The van der Waals surface area contributed by atoms with Gasteiger partial charge in [-0.25, -0.2) is 4.98 Å². The number of rotatable bonds is 2. The van der Waals surface area contributed by atoms with Crippen LogP contribution < -0.4 is 0 Å². The summed E-state index contributed by atoms with van der Waals surface area (Å²) in [6.45, 7) is 0.833. The summed E-state index contributed by atoms with van der Waals surface area (Å²) in [5, 5.41) is 1.28. The van der Waals surface area contributed by atoms with Gasteiger partial charge in [0.15, 0.2) is 0 Å². The van der Waals surface area contributed by atoms with Crippen molar-refractivity contribution in [2.45, 2.75) is 19.0 Å². The second kappa shape index (κ2) is 4.09. The Hall–Kier alpha value is -2.36. The molecule has 0 amide bonds. The van der Waals surface area contributed by atoms with E-state index in [9.17, 15) is 0 Å². The molecule has 1 atom stereocenters. The molecule has 1 aliphatic heterocycles. The Labute approximate surface area is 110 Å². The van der Waals surface area contributed by atoms with Crippen molar-refractivity contribution in [3.63, 3.8) is 0 Å². The largest absolute Gasteiger partial charge is 0.361 e. The first kappa shape index (κ1) is 10.6. The molecule has 0 saturated heterocycles. The molecule has 19 heavy (non-hydrogen) atoms. The quantitative estimate of drug-likeness (QED) is 0.746. The van der Waals surface area contributed by atoms with Crippen LogP contribution in [0.1, 0.15) is 17.4 Å². The van der Waals surface area contributed by atoms with Gasteiger partial charge in [-0.15, -0.1) is 0 Å². The third-order valence-electron chi connectivity index (χ3n) is 3.70. The maximum Gasteiger partial charge on any atom is 0.134 e. The molecule has 4 nitrogen and oxygen atoms in total. The molecule has 3 aromatic rings. The Balaban J connectivity index is 1.72. The number of aliphatic imine (C=N–C) groups is 1. The predicted molar refractivity (Wildman–Crippen MR) is 75.5 cm³/mol. The van der Waals surface area contributed by atoms with Crippen LogP contribution in [0.2, 0.25) is 0 Å². The van der Waals surface area contributed by atoms with Crippen LogP contribution in [0, 0.1) is 0 Å². The van der Waals surface area contributed by atoms with E-state index in [1.54, 1.807) is 0 Å². The number of benzene rings is 1. The second-order valence-electron chi connectivity index (χ2n) is 4.85. The lowest BCUT2D eigenvalue weighted by molar-refractivity contribution is 0.603. The van der Waals surface area contributed by atoms with Crippen molar-refractivity contribution < 1.29 is 0 Å². The van der Waals surface area contributed by atoms with Crippen LogP contribution in [0.15, 0.2) is 47.8 Å². The highest BCUT2D eigenvalue weighted by Crippen LogP contribution is 2.27. The smallest absolute Gasteiger partial charge is 0.134 e. The van der Waals surface area contributed by atoms with Gasteiger partial charge in [-0.05, 0) is 11.6 Å². The van der Waals surface area contributed by atoms with E-state index in [0.29, 0.717) is 0 Å². The van der Waals surface area contributed by atoms with Crippen molar-refractivity contribution >= 4 is 17.1 Å². The summed E-state index contributed by atoms with van der Waals surface area (Å²) in [6, 6.07) is 8.51. The van der Waals surface area contributed by atoms with E-state index in [0.717, 1.165) is 18.8 Å². The third-order valence-corrected chi connectivity index (χ3v) is 3.70. The summed E-state index contributed by atoms with van der Waals surface area (Å²) in [5.41, 5.74) is 2.48. The van der Waals surface area contributed by atoms with Crippen molar-refractivity contribution in [3.8, 4) is 0 Å². The van der Waals surface area contributed by atoms with Gasteiger partial charge < -0.3 is 9.55 Å². The zero-order valence-electron chi connectivity index (χ0n) is 10.5. The van der Waals surface area contributed by atoms with Crippen LogP contribution in [0.3, 0.4) is 0 Å². The average molecular weight is 250 g/mol. The van der Waals surface area contributed by atoms with E-state index in [-0.39, 0.29) is 6.04 Å². The summed E-state index contributed by atoms with van der Waals surface area (Å²) in [7, 11) is 0. The summed E-state index contributed by atoms with van der Waals surface area (Å²) >= 11 is 0. The van der Waals surface area contributed by atoms with Crippen LogP contribution in [0.25, 0.3) is 10.9 Å². The molecule has 4 rings (SSSR count). The molecule has 0 radical (unpaired) electrons. The first-order chi connectivity index (χ1) is 9.42. The van der Waals surface area contributed by atoms with Gasteiger partial charge in [-0.3, -0.25) is 4.99 Å². The van der Waals surface area contributed by atoms with Crippen LogP contribution in [-0.4, -0.2) is 20.7 Å². The number of H-pyrrole nitrogens is 1. The van der Waals surface area contributed by atoms with Crippen LogP contribution in [0.4, 0.5) is 0 Å². The number of para-hydroxylation sites is 1. The number of imidazole rings is 1. The molecule has 0 spiro atoms. The number of nitrogens with zero attached hydrogens (tertiary/aromatic N) is 3. The maximum absolute atomic E-state index is 4.60. The van der Waals surface area contributed by atoms with Gasteiger partial charge in [0, 0.05) is 42.1 Å². The van der Waals surface area contributed by atoms with E-state index < -0.39 is 0 Å². The highest BCUT2D eigenvalue weighted by Gasteiger charge is 2.20. The number of hydrogen-bond donors (Lipinski definition) is 1. The summed E-state index contributed by atoms with van der Waals surface area (Å²) < 4.78 is 2.16. The molecule has 1 N–H and O–H groups in total. The third kappa shape index (κ3) is 1.68. The Bertz CT molecular complexity index is 750. The van der Waals surface area contributed by atoms with Crippen LogP contribution in [-0.2, 0) is 13.0 Å². The molecule has 0 saturated carbocycles. The lowest BCUT2D eigenvalue weighted by atomic mass is 10.0. The SMILES string of the molecule is C1=NC(Cc2c[nH]c3ccccc23)c2nccn2C1. The minimum atomic E-state index is 0.128.